The molecule has 0 saturated carbocycles. The van der Waals surface area contributed by atoms with E-state index in [0.29, 0.717) is 42.3 Å². The molecule has 0 aliphatic carbocycles. The Kier molecular flexibility index (Phi) is 8.32. The molecule has 2 aromatic heterocycles. The first-order valence-corrected chi connectivity index (χ1v) is 13.4. The Morgan fingerprint density at radius 1 is 1.19 bits per heavy atom. The molecule has 0 aliphatic heterocycles. The molecule has 0 radical (unpaired) electrons. The molecule has 0 bridgehead atoms. The van der Waals surface area contributed by atoms with Crippen molar-refractivity contribution in [2.45, 2.75) is 58.0 Å². The molecule has 2 heterocycles. The SMILES string of the molecule is CCCn1c(CCC(=O)NCc2ccc(Cl)s2)nc2cc(S(=O)(=O)N(CC)CC)ccc21. The maximum atomic E-state index is 12.9. The highest BCUT2D eigenvalue weighted by molar-refractivity contribution is 7.89. The number of nitrogens with zero attached hydrogens (tertiary/aromatic N) is 3. The van der Waals surface area contributed by atoms with Crippen LogP contribution in [-0.4, -0.2) is 41.3 Å². The number of hydrogen-bond acceptors (Lipinski definition) is 5. The van der Waals surface area contributed by atoms with Crippen LogP contribution < -0.4 is 5.32 Å². The number of nitrogens with one attached hydrogen (secondary N) is 1. The molecule has 10 heteroatoms. The van der Waals surface area contributed by atoms with Crippen LogP contribution in [0.15, 0.2) is 35.2 Å². The lowest BCUT2D eigenvalue weighted by Crippen LogP contribution is -2.30. The molecule has 1 aromatic carbocycles. The van der Waals surface area contributed by atoms with E-state index < -0.39 is 10.0 Å². The fourth-order valence-electron chi connectivity index (χ4n) is 3.64. The summed E-state index contributed by atoms with van der Waals surface area (Å²) >= 11 is 7.38. The number of hydrogen-bond donors (Lipinski definition) is 1. The zero-order valence-corrected chi connectivity index (χ0v) is 21.0. The van der Waals surface area contributed by atoms with Crippen LogP contribution in [0.1, 0.15) is 44.3 Å². The molecule has 7 nitrogen and oxygen atoms in total. The molecule has 0 unspecified atom stereocenters. The summed E-state index contributed by atoms with van der Waals surface area (Å²) in [6.07, 6.45) is 1.68. The van der Waals surface area contributed by atoms with Gasteiger partial charge in [0.05, 0.1) is 26.8 Å². The fourth-order valence-corrected chi connectivity index (χ4v) is 6.15. The maximum Gasteiger partial charge on any atom is 0.243 e. The van der Waals surface area contributed by atoms with E-state index in [0.717, 1.165) is 29.2 Å². The minimum atomic E-state index is -3.55. The topological polar surface area (TPSA) is 84.3 Å². The Labute approximate surface area is 198 Å². The summed E-state index contributed by atoms with van der Waals surface area (Å²) in [5.41, 5.74) is 1.52. The highest BCUT2D eigenvalue weighted by atomic mass is 35.5. The first-order chi connectivity index (χ1) is 15.3. The van der Waals surface area contributed by atoms with E-state index in [1.807, 2.05) is 32.0 Å². The minimum Gasteiger partial charge on any atom is -0.351 e. The quantitative estimate of drug-likeness (QED) is 0.425. The molecule has 3 rings (SSSR count). The van der Waals surface area contributed by atoms with Gasteiger partial charge in [-0.15, -0.1) is 11.3 Å². The number of aromatic nitrogens is 2. The number of halogens is 1. The average molecular weight is 497 g/mol. The molecule has 1 amide bonds. The van der Waals surface area contributed by atoms with E-state index in [1.165, 1.54) is 15.6 Å². The maximum absolute atomic E-state index is 12.9. The van der Waals surface area contributed by atoms with Crippen molar-refractivity contribution >= 4 is 49.9 Å². The fraction of sp³-hybridized carbons (Fsp3) is 0.455. The average Bonchev–Trinajstić information content (AvgIpc) is 3.34. The monoisotopic (exact) mass is 496 g/mol. The molecule has 3 aromatic rings. The van der Waals surface area contributed by atoms with Crippen molar-refractivity contribution in [1.29, 1.82) is 0 Å². The number of amides is 1. The van der Waals surface area contributed by atoms with Gasteiger partial charge in [0, 0.05) is 37.4 Å². The molecular weight excluding hydrogens is 468 g/mol. The van der Waals surface area contributed by atoms with E-state index in [9.17, 15) is 13.2 Å². The van der Waals surface area contributed by atoms with Crippen molar-refractivity contribution < 1.29 is 13.2 Å². The van der Waals surface area contributed by atoms with Crippen molar-refractivity contribution in [3.63, 3.8) is 0 Å². The molecular formula is C22H29ClN4O3S2. The van der Waals surface area contributed by atoms with Crippen LogP contribution in [0.2, 0.25) is 4.34 Å². The normalized spacial score (nSPS) is 12.0. The lowest BCUT2D eigenvalue weighted by atomic mass is 10.2. The smallest absolute Gasteiger partial charge is 0.243 e. The van der Waals surface area contributed by atoms with Crippen molar-refractivity contribution in [3.05, 3.63) is 45.4 Å². The van der Waals surface area contributed by atoms with Crippen LogP contribution in [0, 0.1) is 0 Å². The third kappa shape index (κ3) is 5.51. The molecule has 1 N–H and O–H groups in total. The standard InChI is InChI=1S/C22H29ClN4O3S2/c1-4-13-27-19-9-8-17(32(29,30)26(5-2)6-3)14-18(19)25-21(27)11-12-22(28)24-15-16-7-10-20(23)31-16/h7-10,14H,4-6,11-13,15H2,1-3H3,(H,24,28). The van der Waals surface area contributed by atoms with Crippen LogP contribution in [-0.2, 0) is 34.3 Å². The number of carbonyl (C=O) groups is 1. The second-order valence-electron chi connectivity index (χ2n) is 7.40. The van der Waals surface area contributed by atoms with Gasteiger partial charge < -0.3 is 9.88 Å². The third-order valence-electron chi connectivity index (χ3n) is 5.25. The van der Waals surface area contributed by atoms with Crippen LogP contribution >= 0.6 is 22.9 Å². The molecule has 0 aliphatic rings. The second-order valence-corrected chi connectivity index (χ2v) is 11.1. The van der Waals surface area contributed by atoms with E-state index in [4.69, 9.17) is 16.6 Å². The van der Waals surface area contributed by atoms with Gasteiger partial charge in [0.25, 0.3) is 0 Å². The largest absolute Gasteiger partial charge is 0.351 e. The molecule has 174 valence electrons. The number of carbonyl (C=O) groups excluding carboxylic acids is 1. The molecule has 0 spiro atoms. The van der Waals surface area contributed by atoms with Crippen LogP contribution in [0.4, 0.5) is 0 Å². The summed E-state index contributed by atoms with van der Waals surface area (Å²) in [6, 6.07) is 8.82. The summed E-state index contributed by atoms with van der Waals surface area (Å²) in [4.78, 5) is 18.3. The Bertz CT molecular complexity index is 1180. The van der Waals surface area contributed by atoms with E-state index in [-0.39, 0.29) is 10.8 Å². The molecule has 0 fully saturated rings. The van der Waals surface area contributed by atoms with E-state index in [1.54, 1.807) is 12.1 Å². The van der Waals surface area contributed by atoms with Gasteiger partial charge in [0.15, 0.2) is 0 Å². The summed E-state index contributed by atoms with van der Waals surface area (Å²) in [7, 11) is -3.55. The third-order valence-corrected chi connectivity index (χ3v) is 8.53. The van der Waals surface area contributed by atoms with E-state index in [2.05, 4.69) is 16.8 Å². The van der Waals surface area contributed by atoms with Crippen LogP contribution in [0.5, 0.6) is 0 Å². The van der Waals surface area contributed by atoms with Crippen LogP contribution in [0.25, 0.3) is 11.0 Å². The Morgan fingerprint density at radius 3 is 2.56 bits per heavy atom. The Morgan fingerprint density at radius 2 is 1.94 bits per heavy atom. The van der Waals surface area contributed by atoms with Crippen molar-refractivity contribution in [2.24, 2.45) is 0 Å². The van der Waals surface area contributed by atoms with Gasteiger partial charge in [-0.05, 0) is 36.8 Å². The summed E-state index contributed by atoms with van der Waals surface area (Å²) < 4.78 is 30.0. The van der Waals surface area contributed by atoms with Crippen molar-refractivity contribution in [3.8, 4) is 0 Å². The number of benzene rings is 1. The summed E-state index contributed by atoms with van der Waals surface area (Å²) in [6.45, 7) is 7.76. The zero-order valence-electron chi connectivity index (χ0n) is 18.6. The lowest BCUT2D eigenvalue weighted by molar-refractivity contribution is -0.121. The van der Waals surface area contributed by atoms with Gasteiger partial charge >= 0.3 is 0 Å². The Balaban J connectivity index is 1.78. The van der Waals surface area contributed by atoms with Gasteiger partial charge in [-0.1, -0.05) is 32.4 Å². The van der Waals surface area contributed by atoms with E-state index >= 15 is 0 Å². The number of sulfonamides is 1. The van der Waals surface area contributed by atoms with Crippen LogP contribution in [0.3, 0.4) is 0 Å². The predicted octanol–water partition coefficient (Wildman–Crippen LogP) is 4.44. The molecule has 0 saturated heterocycles. The Hall–Kier alpha value is -1.94. The minimum absolute atomic E-state index is 0.0607. The number of fused-ring (bicyclic) bond motifs is 1. The highest BCUT2D eigenvalue weighted by Gasteiger charge is 2.23. The second kappa shape index (κ2) is 10.8. The lowest BCUT2D eigenvalue weighted by Gasteiger charge is -2.18. The van der Waals surface area contributed by atoms with Gasteiger partial charge in [-0.2, -0.15) is 4.31 Å². The summed E-state index contributed by atoms with van der Waals surface area (Å²) in [5.74, 6) is 0.725. The number of imidazole rings is 1. The van der Waals surface area contributed by atoms with Gasteiger partial charge in [0.2, 0.25) is 15.9 Å². The molecule has 0 atom stereocenters. The van der Waals surface area contributed by atoms with Gasteiger partial charge in [-0.3, -0.25) is 4.79 Å². The summed E-state index contributed by atoms with van der Waals surface area (Å²) in [5, 5.41) is 2.91. The molecule has 32 heavy (non-hydrogen) atoms. The van der Waals surface area contributed by atoms with Gasteiger partial charge in [0.1, 0.15) is 5.82 Å². The number of rotatable bonds is 11. The first-order valence-electron chi connectivity index (χ1n) is 10.8. The van der Waals surface area contributed by atoms with Gasteiger partial charge in [-0.25, -0.2) is 13.4 Å². The number of aryl methyl sites for hydroxylation is 2. The number of thiophene rings is 1. The predicted molar refractivity (Wildman–Crippen MR) is 130 cm³/mol. The highest BCUT2D eigenvalue weighted by Crippen LogP contribution is 2.24. The zero-order chi connectivity index (χ0) is 23.3. The van der Waals surface area contributed by atoms with Crippen molar-refractivity contribution in [2.75, 3.05) is 13.1 Å². The first kappa shape index (κ1) is 24.7. The van der Waals surface area contributed by atoms with Crippen molar-refractivity contribution in [1.82, 2.24) is 19.2 Å².